The summed E-state index contributed by atoms with van der Waals surface area (Å²) in [7, 11) is 0. The molecule has 2 aromatic rings. The molecule has 0 aliphatic rings. The molecule has 1 atom stereocenters. The normalized spacial score (nSPS) is 12.1. The first-order valence-corrected chi connectivity index (χ1v) is 12.2. The predicted octanol–water partition coefficient (Wildman–Crippen LogP) is 6.40. The highest BCUT2D eigenvalue weighted by molar-refractivity contribution is 5.96. The Labute approximate surface area is 203 Å². The van der Waals surface area contributed by atoms with Gasteiger partial charge < -0.3 is 15.3 Å². The van der Waals surface area contributed by atoms with Crippen LogP contribution in [0.4, 0.5) is 15.8 Å². The summed E-state index contributed by atoms with van der Waals surface area (Å²) in [6.45, 7) is 13.7. The zero-order chi connectivity index (χ0) is 25.4. The van der Waals surface area contributed by atoms with E-state index in [1.165, 1.54) is 6.07 Å². The number of hydrogen-bond donors (Lipinski definition) is 2. The number of hydrogen-bond acceptors (Lipinski definition) is 3. The molecule has 2 N–H and O–H groups in total. The summed E-state index contributed by atoms with van der Waals surface area (Å²) in [5.74, 6) is -1.38. The summed E-state index contributed by atoms with van der Waals surface area (Å²) in [6, 6.07) is 10.9. The smallest absolute Gasteiger partial charge is 0.303 e. The molecule has 0 heterocycles. The first-order valence-electron chi connectivity index (χ1n) is 12.2. The summed E-state index contributed by atoms with van der Waals surface area (Å²) in [4.78, 5) is 26.5. The van der Waals surface area contributed by atoms with Crippen LogP contribution in [0.25, 0.3) is 0 Å². The lowest BCUT2D eigenvalue weighted by Gasteiger charge is -2.31. The highest BCUT2D eigenvalue weighted by Crippen LogP contribution is 2.36. The Morgan fingerprint density at radius 1 is 1.03 bits per heavy atom. The number of carbonyl (C=O) groups excluding carboxylic acids is 1. The predicted molar refractivity (Wildman–Crippen MR) is 137 cm³/mol. The Balaban J connectivity index is 2.49. The van der Waals surface area contributed by atoms with Crippen molar-refractivity contribution in [2.24, 2.45) is 11.8 Å². The molecule has 0 saturated carbocycles. The SMILES string of the molecule is CCC(CC(=O)O)c1cc(NC(=O)Cc2ccc(C)cc2)c(N(CC(C)C)CC(C)C)cc1F. The van der Waals surface area contributed by atoms with E-state index in [9.17, 15) is 14.7 Å². The molecular formula is C28H39FN2O3. The van der Waals surface area contributed by atoms with E-state index < -0.39 is 17.7 Å². The number of carboxylic acid groups (broad SMARTS) is 1. The van der Waals surface area contributed by atoms with Gasteiger partial charge in [-0.2, -0.15) is 0 Å². The first-order chi connectivity index (χ1) is 16.0. The van der Waals surface area contributed by atoms with Crippen LogP contribution in [0.1, 0.15) is 70.1 Å². The molecule has 0 fully saturated rings. The van der Waals surface area contributed by atoms with Crippen molar-refractivity contribution in [1.82, 2.24) is 0 Å². The molecule has 0 radical (unpaired) electrons. The van der Waals surface area contributed by atoms with Crippen LogP contribution in [0.2, 0.25) is 0 Å². The Morgan fingerprint density at radius 3 is 2.12 bits per heavy atom. The number of nitrogens with zero attached hydrogens (tertiary/aromatic N) is 1. The van der Waals surface area contributed by atoms with Gasteiger partial charge in [0.2, 0.25) is 5.91 Å². The molecule has 0 aliphatic carbocycles. The molecule has 0 saturated heterocycles. The number of amides is 1. The van der Waals surface area contributed by atoms with Crippen molar-refractivity contribution < 1.29 is 19.1 Å². The van der Waals surface area contributed by atoms with Gasteiger partial charge in [-0.15, -0.1) is 0 Å². The summed E-state index contributed by atoms with van der Waals surface area (Å²) in [5, 5.41) is 12.3. The minimum Gasteiger partial charge on any atom is -0.481 e. The number of nitrogens with one attached hydrogen (secondary N) is 1. The number of aliphatic carboxylic acids is 1. The van der Waals surface area contributed by atoms with Gasteiger partial charge in [-0.1, -0.05) is 64.4 Å². The third kappa shape index (κ3) is 8.15. The van der Waals surface area contributed by atoms with Gasteiger partial charge in [-0.3, -0.25) is 9.59 Å². The highest BCUT2D eigenvalue weighted by Gasteiger charge is 2.23. The summed E-state index contributed by atoms with van der Waals surface area (Å²) in [5.41, 5.74) is 3.50. The molecule has 34 heavy (non-hydrogen) atoms. The highest BCUT2D eigenvalue weighted by atomic mass is 19.1. The molecule has 1 unspecified atom stereocenters. The number of rotatable bonds is 12. The summed E-state index contributed by atoms with van der Waals surface area (Å²) in [6.07, 6.45) is 0.527. The van der Waals surface area contributed by atoms with Gasteiger partial charge in [-0.05, 0) is 54.4 Å². The molecule has 1 amide bonds. The second kappa shape index (κ2) is 12.5. The Bertz CT molecular complexity index is 960. The molecule has 6 heteroatoms. The topological polar surface area (TPSA) is 69.6 Å². The fraction of sp³-hybridized carbons (Fsp3) is 0.500. The number of anilines is 2. The summed E-state index contributed by atoms with van der Waals surface area (Å²) < 4.78 is 15.3. The van der Waals surface area contributed by atoms with Gasteiger partial charge in [0.25, 0.3) is 0 Å². The van der Waals surface area contributed by atoms with Crippen LogP contribution in [0.3, 0.4) is 0 Å². The molecule has 186 valence electrons. The van der Waals surface area contributed by atoms with E-state index in [1.807, 2.05) is 38.1 Å². The lowest BCUT2D eigenvalue weighted by atomic mass is 9.91. The van der Waals surface area contributed by atoms with E-state index >= 15 is 4.39 Å². The number of carboxylic acids is 1. The molecule has 2 aromatic carbocycles. The Hall–Kier alpha value is -2.89. The molecule has 0 spiro atoms. The van der Waals surface area contributed by atoms with Gasteiger partial charge >= 0.3 is 5.97 Å². The van der Waals surface area contributed by atoms with Crippen molar-refractivity contribution in [3.8, 4) is 0 Å². The quantitative estimate of drug-likeness (QED) is 0.376. The van der Waals surface area contributed by atoms with Crippen LogP contribution < -0.4 is 10.2 Å². The fourth-order valence-electron chi connectivity index (χ4n) is 4.18. The number of benzene rings is 2. The third-order valence-electron chi connectivity index (χ3n) is 5.74. The van der Waals surface area contributed by atoms with Crippen LogP contribution >= 0.6 is 0 Å². The van der Waals surface area contributed by atoms with E-state index in [2.05, 4.69) is 37.9 Å². The van der Waals surface area contributed by atoms with Crippen molar-refractivity contribution in [1.29, 1.82) is 0 Å². The zero-order valence-electron chi connectivity index (χ0n) is 21.3. The summed E-state index contributed by atoms with van der Waals surface area (Å²) >= 11 is 0. The second-order valence-corrected chi connectivity index (χ2v) is 10.00. The van der Waals surface area contributed by atoms with Gasteiger partial charge in [-0.25, -0.2) is 4.39 Å². The van der Waals surface area contributed by atoms with Crippen molar-refractivity contribution in [2.75, 3.05) is 23.3 Å². The molecule has 0 aromatic heterocycles. The maximum absolute atomic E-state index is 15.3. The molecular weight excluding hydrogens is 431 g/mol. The molecule has 0 aliphatic heterocycles. The zero-order valence-corrected chi connectivity index (χ0v) is 21.3. The van der Waals surface area contributed by atoms with Gasteiger partial charge in [0.15, 0.2) is 0 Å². The van der Waals surface area contributed by atoms with Crippen molar-refractivity contribution >= 4 is 23.3 Å². The minimum atomic E-state index is -0.971. The number of aryl methyl sites for hydroxylation is 1. The lowest BCUT2D eigenvalue weighted by molar-refractivity contribution is -0.137. The van der Waals surface area contributed by atoms with Crippen LogP contribution in [-0.4, -0.2) is 30.1 Å². The van der Waals surface area contributed by atoms with Gasteiger partial charge in [0.1, 0.15) is 5.82 Å². The number of carbonyl (C=O) groups is 2. The van der Waals surface area contributed by atoms with Crippen LogP contribution in [0, 0.1) is 24.6 Å². The van der Waals surface area contributed by atoms with E-state index in [0.717, 1.165) is 11.1 Å². The first kappa shape index (κ1) is 27.4. The monoisotopic (exact) mass is 470 g/mol. The van der Waals surface area contributed by atoms with Crippen LogP contribution in [0.5, 0.6) is 0 Å². The van der Waals surface area contributed by atoms with Crippen LogP contribution in [-0.2, 0) is 16.0 Å². The van der Waals surface area contributed by atoms with Crippen molar-refractivity contribution in [2.45, 2.75) is 66.7 Å². The van der Waals surface area contributed by atoms with Gasteiger partial charge in [0.05, 0.1) is 24.2 Å². The molecule has 0 bridgehead atoms. The standard InChI is InChI=1S/C28H39FN2O3/c1-7-22(13-28(33)34)23-14-25(30-27(32)12-21-10-8-20(6)9-11-21)26(15-24(23)29)31(16-18(2)3)17-19(4)5/h8-11,14-15,18-19,22H,7,12-13,16-17H2,1-6H3,(H,30,32)(H,33,34). The van der Waals surface area contributed by atoms with Gasteiger partial charge in [0, 0.05) is 13.1 Å². The van der Waals surface area contributed by atoms with E-state index in [0.29, 0.717) is 48.3 Å². The minimum absolute atomic E-state index is 0.161. The van der Waals surface area contributed by atoms with E-state index in [4.69, 9.17) is 0 Å². The molecule has 5 nitrogen and oxygen atoms in total. The van der Waals surface area contributed by atoms with Crippen LogP contribution in [0.15, 0.2) is 36.4 Å². The Morgan fingerprint density at radius 2 is 1.62 bits per heavy atom. The fourth-order valence-corrected chi connectivity index (χ4v) is 4.18. The molecule has 2 rings (SSSR count). The largest absolute Gasteiger partial charge is 0.481 e. The lowest BCUT2D eigenvalue weighted by Crippen LogP contribution is -2.32. The average Bonchev–Trinajstić information content (AvgIpc) is 2.73. The number of halogens is 1. The van der Waals surface area contributed by atoms with E-state index in [-0.39, 0.29) is 18.7 Å². The third-order valence-corrected chi connectivity index (χ3v) is 5.74. The average molecular weight is 471 g/mol. The maximum Gasteiger partial charge on any atom is 0.303 e. The Kier molecular flexibility index (Phi) is 10.1. The van der Waals surface area contributed by atoms with Crippen molar-refractivity contribution in [3.63, 3.8) is 0 Å². The maximum atomic E-state index is 15.3. The van der Waals surface area contributed by atoms with Crippen molar-refractivity contribution in [3.05, 3.63) is 58.9 Å². The second-order valence-electron chi connectivity index (χ2n) is 10.00. The van der Waals surface area contributed by atoms with E-state index in [1.54, 1.807) is 6.07 Å².